The van der Waals surface area contributed by atoms with E-state index in [0.717, 1.165) is 16.6 Å². The Hall–Kier alpha value is -1.84. The molecule has 0 radical (unpaired) electrons. The van der Waals surface area contributed by atoms with Gasteiger partial charge in [0, 0.05) is 0 Å². The van der Waals surface area contributed by atoms with Crippen LogP contribution in [0.4, 0.5) is 0 Å². The summed E-state index contributed by atoms with van der Waals surface area (Å²) in [5, 5.41) is 9.35. The number of rotatable bonds is 3. The van der Waals surface area contributed by atoms with Crippen molar-refractivity contribution in [3.8, 4) is 0 Å². The lowest BCUT2D eigenvalue weighted by atomic mass is 10.0. The molecule has 1 aromatic heterocycles. The van der Waals surface area contributed by atoms with Crippen LogP contribution in [0.25, 0.3) is 11.0 Å². The van der Waals surface area contributed by atoms with Crippen LogP contribution in [0.3, 0.4) is 0 Å². The van der Waals surface area contributed by atoms with Gasteiger partial charge in [0.05, 0.1) is 17.4 Å². The van der Waals surface area contributed by atoms with E-state index in [2.05, 4.69) is 4.98 Å². The monoisotopic (exact) mass is 246 g/mol. The summed E-state index contributed by atoms with van der Waals surface area (Å²) in [7, 11) is 0. The predicted molar refractivity (Wildman–Crippen MR) is 70.7 cm³/mol. The zero-order valence-corrected chi connectivity index (χ0v) is 11.1. The number of carboxylic acid groups (broad SMARTS) is 1. The van der Waals surface area contributed by atoms with Gasteiger partial charge in [-0.15, -0.1) is 0 Å². The van der Waals surface area contributed by atoms with E-state index in [9.17, 15) is 9.90 Å². The molecule has 0 fully saturated rings. The molecule has 18 heavy (non-hydrogen) atoms. The molecule has 4 nitrogen and oxygen atoms in total. The maximum atomic E-state index is 11.4. The molecular formula is C14H18N2O2. The fraction of sp³-hybridized carbons (Fsp3) is 0.429. The normalized spacial score (nSPS) is 13.2. The van der Waals surface area contributed by atoms with Gasteiger partial charge in [0.2, 0.25) is 0 Å². The van der Waals surface area contributed by atoms with Gasteiger partial charge < -0.3 is 9.67 Å². The van der Waals surface area contributed by atoms with Crippen LogP contribution in [0.2, 0.25) is 0 Å². The average Bonchev–Trinajstić information content (AvgIpc) is 2.62. The molecule has 0 saturated heterocycles. The molecule has 2 rings (SSSR count). The summed E-state index contributed by atoms with van der Waals surface area (Å²) < 4.78 is 1.76. The first-order chi connectivity index (χ1) is 8.41. The first-order valence-corrected chi connectivity index (χ1v) is 6.08. The van der Waals surface area contributed by atoms with Crippen LogP contribution in [0, 0.1) is 19.8 Å². The molecule has 1 aromatic carbocycles. The van der Waals surface area contributed by atoms with E-state index >= 15 is 0 Å². The lowest BCUT2D eigenvalue weighted by Gasteiger charge is -2.18. The summed E-state index contributed by atoms with van der Waals surface area (Å²) in [6.45, 7) is 7.87. The molecule has 1 unspecified atom stereocenters. The number of aryl methyl sites for hydroxylation is 2. The summed E-state index contributed by atoms with van der Waals surface area (Å²) in [6.07, 6.45) is 1.63. The van der Waals surface area contributed by atoms with Crippen LogP contribution in [0.5, 0.6) is 0 Å². The Labute approximate surface area is 106 Å². The number of hydrogen-bond donors (Lipinski definition) is 1. The molecule has 0 aliphatic rings. The standard InChI is InChI=1S/C14H18N2O2/c1-8(2)13(14(17)18)16-7-15-11-5-9(3)10(4)6-12(11)16/h5-8,13H,1-4H3,(H,17,18). The number of aliphatic carboxylic acids is 1. The van der Waals surface area contributed by atoms with Gasteiger partial charge in [-0.25, -0.2) is 9.78 Å². The Bertz CT molecular complexity index is 599. The van der Waals surface area contributed by atoms with E-state index in [0.29, 0.717) is 0 Å². The Morgan fingerprint density at radius 3 is 2.44 bits per heavy atom. The number of aromatic nitrogens is 2. The highest BCUT2D eigenvalue weighted by molar-refractivity contribution is 5.81. The summed E-state index contributed by atoms with van der Waals surface area (Å²) in [4.78, 5) is 15.7. The van der Waals surface area contributed by atoms with E-state index < -0.39 is 12.0 Å². The lowest BCUT2D eigenvalue weighted by Crippen LogP contribution is -2.23. The van der Waals surface area contributed by atoms with Crippen molar-refractivity contribution < 1.29 is 9.90 Å². The summed E-state index contributed by atoms with van der Waals surface area (Å²) >= 11 is 0. The van der Waals surface area contributed by atoms with Gasteiger partial charge >= 0.3 is 5.97 Å². The van der Waals surface area contributed by atoms with E-state index in [1.807, 2.05) is 39.8 Å². The van der Waals surface area contributed by atoms with Crippen molar-refractivity contribution in [1.29, 1.82) is 0 Å². The van der Waals surface area contributed by atoms with Gasteiger partial charge in [-0.3, -0.25) is 0 Å². The molecule has 0 bridgehead atoms. The lowest BCUT2D eigenvalue weighted by molar-refractivity contribution is -0.142. The highest BCUT2D eigenvalue weighted by Gasteiger charge is 2.25. The van der Waals surface area contributed by atoms with E-state index in [4.69, 9.17) is 0 Å². The number of carbonyl (C=O) groups is 1. The third-order valence-electron chi connectivity index (χ3n) is 3.37. The largest absolute Gasteiger partial charge is 0.480 e. The van der Waals surface area contributed by atoms with Crippen molar-refractivity contribution in [1.82, 2.24) is 9.55 Å². The minimum atomic E-state index is -0.817. The van der Waals surface area contributed by atoms with Gasteiger partial charge in [-0.05, 0) is 43.0 Å². The van der Waals surface area contributed by atoms with Crippen molar-refractivity contribution in [2.45, 2.75) is 33.7 Å². The Morgan fingerprint density at radius 2 is 1.89 bits per heavy atom. The summed E-state index contributed by atoms with van der Waals surface area (Å²) in [5.41, 5.74) is 4.06. The molecule has 96 valence electrons. The second-order valence-corrected chi connectivity index (χ2v) is 5.10. The average molecular weight is 246 g/mol. The zero-order chi connectivity index (χ0) is 13.4. The van der Waals surface area contributed by atoms with E-state index in [1.165, 1.54) is 5.56 Å². The van der Waals surface area contributed by atoms with Crippen LogP contribution in [0.1, 0.15) is 31.0 Å². The highest BCUT2D eigenvalue weighted by Crippen LogP contribution is 2.25. The zero-order valence-electron chi connectivity index (χ0n) is 11.1. The van der Waals surface area contributed by atoms with Gasteiger partial charge in [-0.1, -0.05) is 13.8 Å². The Balaban J connectivity index is 2.64. The van der Waals surface area contributed by atoms with Crippen LogP contribution in [-0.2, 0) is 4.79 Å². The maximum absolute atomic E-state index is 11.4. The molecular weight excluding hydrogens is 228 g/mol. The third kappa shape index (κ3) is 1.98. The first-order valence-electron chi connectivity index (χ1n) is 6.08. The smallest absolute Gasteiger partial charge is 0.327 e. The molecule has 1 heterocycles. The second kappa shape index (κ2) is 4.44. The first kappa shape index (κ1) is 12.6. The molecule has 0 aliphatic carbocycles. The molecule has 4 heteroatoms. The van der Waals surface area contributed by atoms with Gasteiger partial charge in [-0.2, -0.15) is 0 Å². The molecule has 0 saturated carbocycles. The molecule has 0 amide bonds. The number of fused-ring (bicyclic) bond motifs is 1. The van der Waals surface area contributed by atoms with E-state index in [1.54, 1.807) is 10.9 Å². The molecule has 1 atom stereocenters. The third-order valence-corrected chi connectivity index (χ3v) is 3.37. The molecule has 2 aromatic rings. The molecule has 1 N–H and O–H groups in total. The van der Waals surface area contributed by atoms with Crippen molar-refractivity contribution in [2.24, 2.45) is 5.92 Å². The number of imidazole rings is 1. The van der Waals surface area contributed by atoms with Crippen molar-refractivity contribution in [3.05, 3.63) is 29.6 Å². The number of carboxylic acids is 1. The SMILES string of the molecule is Cc1cc2ncn(C(C(=O)O)C(C)C)c2cc1C. The highest BCUT2D eigenvalue weighted by atomic mass is 16.4. The predicted octanol–water partition coefficient (Wildman–Crippen LogP) is 2.93. The number of benzene rings is 1. The van der Waals surface area contributed by atoms with Crippen molar-refractivity contribution >= 4 is 17.0 Å². The quantitative estimate of drug-likeness (QED) is 0.905. The topological polar surface area (TPSA) is 55.1 Å². The van der Waals surface area contributed by atoms with Crippen molar-refractivity contribution in [3.63, 3.8) is 0 Å². The van der Waals surface area contributed by atoms with Crippen LogP contribution >= 0.6 is 0 Å². The second-order valence-electron chi connectivity index (χ2n) is 5.10. The van der Waals surface area contributed by atoms with E-state index in [-0.39, 0.29) is 5.92 Å². The van der Waals surface area contributed by atoms with Crippen LogP contribution in [0.15, 0.2) is 18.5 Å². The number of hydrogen-bond acceptors (Lipinski definition) is 2. The molecule has 0 spiro atoms. The Kier molecular flexibility index (Phi) is 3.11. The number of nitrogens with zero attached hydrogens (tertiary/aromatic N) is 2. The fourth-order valence-electron chi connectivity index (χ4n) is 2.23. The minimum absolute atomic E-state index is 0.0153. The van der Waals surface area contributed by atoms with Crippen LogP contribution in [-0.4, -0.2) is 20.6 Å². The Morgan fingerprint density at radius 1 is 1.28 bits per heavy atom. The maximum Gasteiger partial charge on any atom is 0.327 e. The fourth-order valence-corrected chi connectivity index (χ4v) is 2.23. The van der Waals surface area contributed by atoms with Crippen molar-refractivity contribution in [2.75, 3.05) is 0 Å². The van der Waals surface area contributed by atoms with Gasteiger partial charge in [0.15, 0.2) is 0 Å². The van der Waals surface area contributed by atoms with Gasteiger partial charge in [0.1, 0.15) is 6.04 Å². The van der Waals surface area contributed by atoms with Crippen LogP contribution < -0.4 is 0 Å². The van der Waals surface area contributed by atoms with Gasteiger partial charge in [0.25, 0.3) is 0 Å². The summed E-state index contributed by atoms with van der Waals surface area (Å²) in [6, 6.07) is 3.44. The minimum Gasteiger partial charge on any atom is -0.480 e. The molecule has 0 aliphatic heterocycles. The summed E-state index contributed by atoms with van der Waals surface area (Å²) in [5.74, 6) is -0.802.